The van der Waals surface area contributed by atoms with Crippen LogP contribution in [-0.2, 0) is 10.3 Å². The van der Waals surface area contributed by atoms with Crippen LogP contribution in [0, 0.1) is 5.92 Å². The van der Waals surface area contributed by atoms with Crippen LogP contribution in [0.3, 0.4) is 0 Å². The number of nitrogens with two attached hydrogens (primary N) is 2. The summed E-state index contributed by atoms with van der Waals surface area (Å²) in [5.41, 5.74) is 13.6. The summed E-state index contributed by atoms with van der Waals surface area (Å²) in [5, 5.41) is 9.47. The highest BCUT2D eigenvalue weighted by Crippen LogP contribution is 2.45. The third-order valence-corrected chi connectivity index (χ3v) is 5.47. The molecule has 1 aromatic carbocycles. The van der Waals surface area contributed by atoms with Gasteiger partial charge in [-0.3, -0.25) is 4.79 Å². The first-order valence-electron chi connectivity index (χ1n) is 8.17. The van der Waals surface area contributed by atoms with Gasteiger partial charge in [0.2, 0.25) is 0 Å². The van der Waals surface area contributed by atoms with Crippen molar-refractivity contribution in [2.45, 2.75) is 56.6 Å². The second-order valence-corrected chi connectivity index (χ2v) is 7.20. The molecule has 3 rings (SSSR count). The third kappa shape index (κ3) is 3.12. The Morgan fingerprint density at radius 3 is 2.52 bits per heavy atom. The third-order valence-electron chi connectivity index (χ3n) is 5.14. The highest BCUT2D eigenvalue weighted by molar-refractivity contribution is 6.33. The van der Waals surface area contributed by atoms with Gasteiger partial charge < -0.3 is 21.3 Å². The average molecular weight is 339 g/mol. The van der Waals surface area contributed by atoms with Crippen LogP contribution in [0.5, 0.6) is 5.75 Å². The van der Waals surface area contributed by atoms with Crippen LogP contribution in [0.4, 0.5) is 5.69 Å². The van der Waals surface area contributed by atoms with Gasteiger partial charge in [-0.2, -0.15) is 0 Å². The van der Waals surface area contributed by atoms with Gasteiger partial charge >= 0.3 is 5.97 Å². The Hall–Kier alpha value is -1.46. The molecule has 126 valence electrons. The van der Waals surface area contributed by atoms with E-state index in [0.717, 1.165) is 31.2 Å². The molecule has 2 aliphatic carbocycles. The first kappa shape index (κ1) is 16.4. The number of aliphatic carboxylic acids is 1. The molecule has 0 amide bonds. The van der Waals surface area contributed by atoms with Crippen LogP contribution in [0.1, 0.15) is 50.5 Å². The van der Waals surface area contributed by atoms with Crippen molar-refractivity contribution in [1.29, 1.82) is 0 Å². The Labute approximate surface area is 140 Å². The molecule has 5 nitrogen and oxygen atoms in total. The number of hydrogen-bond donors (Lipinski definition) is 3. The Morgan fingerprint density at radius 1 is 1.26 bits per heavy atom. The van der Waals surface area contributed by atoms with E-state index >= 15 is 0 Å². The molecular weight excluding hydrogens is 316 g/mol. The Bertz CT molecular complexity index is 608. The molecule has 0 saturated heterocycles. The number of anilines is 1. The van der Waals surface area contributed by atoms with Gasteiger partial charge in [0.15, 0.2) is 0 Å². The van der Waals surface area contributed by atoms with Crippen molar-refractivity contribution in [3.63, 3.8) is 0 Å². The number of carboxylic acids is 1. The molecule has 0 atom stereocenters. The van der Waals surface area contributed by atoms with E-state index in [1.807, 2.05) is 6.07 Å². The van der Waals surface area contributed by atoms with Crippen molar-refractivity contribution < 1.29 is 14.6 Å². The zero-order valence-corrected chi connectivity index (χ0v) is 13.8. The fraction of sp³-hybridized carbons (Fsp3) is 0.588. The van der Waals surface area contributed by atoms with Gasteiger partial charge in [0, 0.05) is 11.1 Å². The van der Waals surface area contributed by atoms with Gasteiger partial charge in [-0.15, -0.1) is 0 Å². The minimum atomic E-state index is -0.761. The smallest absolute Gasteiger partial charge is 0.306 e. The highest BCUT2D eigenvalue weighted by atomic mass is 35.5. The lowest BCUT2D eigenvalue weighted by Crippen LogP contribution is -2.42. The number of rotatable bonds is 4. The number of carbonyl (C=O) groups is 1. The molecule has 0 radical (unpaired) electrons. The second-order valence-electron chi connectivity index (χ2n) is 6.80. The lowest BCUT2D eigenvalue weighted by molar-refractivity contribution is -0.147. The molecule has 0 bridgehead atoms. The molecular formula is C17H23ClN2O3. The van der Waals surface area contributed by atoms with Gasteiger partial charge in [-0.1, -0.05) is 30.9 Å². The largest absolute Gasteiger partial charge is 0.490 e. The quantitative estimate of drug-likeness (QED) is 0.732. The number of carboxylic acid groups (broad SMARTS) is 1. The second kappa shape index (κ2) is 6.21. The topological polar surface area (TPSA) is 98.6 Å². The molecule has 2 aliphatic rings. The molecule has 2 fully saturated rings. The summed E-state index contributed by atoms with van der Waals surface area (Å²) in [6.07, 6.45) is 5.97. The first-order chi connectivity index (χ1) is 10.9. The summed E-state index contributed by atoms with van der Waals surface area (Å²) >= 11 is 6.20. The molecule has 0 unspecified atom stereocenters. The van der Waals surface area contributed by atoms with E-state index in [9.17, 15) is 4.79 Å². The normalized spacial score (nSPS) is 26.3. The van der Waals surface area contributed by atoms with Crippen molar-refractivity contribution in [3.8, 4) is 5.75 Å². The van der Waals surface area contributed by atoms with Crippen LogP contribution in [0.25, 0.3) is 0 Å². The molecule has 1 aromatic rings. The predicted octanol–water partition coefficient (Wildman–Crippen LogP) is 3.28. The Balaban J connectivity index is 1.86. The van der Waals surface area contributed by atoms with Gasteiger partial charge in [-0.25, -0.2) is 0 Å². The van der Waals surface area contributed by atoms with Gasteiger partial charge in [0.1, 0.15) is 11.9 Å². The molecule has 5 N–H and O–H groups in total. The van der Waals surface area contributed by atoms with Crippen LogP contribution < -0.4 is 16.2 Å². The minimum absolute atomic E-state index is 0.0948. The highest BCUT2D eigenvalue weighted by Gasteiger charge is 2.39. The van der Waals surface area contributed by atoms with Crippen LogP contribution in [0.2, 0.25) is 5.02 Å². The first-order valence-corrected chi connectivity index (χ1v) is 8.55. The lowest BCUT2D eigenvalue weighted by Gasteiger charge is -2.38. The van der Waals surface area contributed by atoms with E-state index in [1.165, 1.54) is 6.42 Å². The maximum absolute atomic E-state index is 10.9. The molecule has 0 aromatic heterocycles. The molecule has 23 heavy (non-hydrogen) atoms. The summed E-state index contributed by atoms with van der Waals surface area (Å²) in [5.74, 6) is -0.414. The van der Waals surface area contributed by atoms with Crippen LogP contribution in [-0.4, -0.2) is 17.2 Å². The van der Waals surface area contributed by atoms with Crippen molar-refractivity contribution in [2.75, 3.05) is 5.73 Å². The number of halogens is 1. The molecule has 6 heteroatoms. The number of hydrogen-bond acceptors (Lipinski definition) is 4. The number of ether oxygens (including phenoxy) is 1. The van der Waals surface area contributed by atoms with Gasteiger partial charge in [0.05, 0.1) is 16.6 Å². The summed E-state index contributed by atoms with van der Waals surface area (Å²) in [4.78, 5) is 10.9. The Kier molecular flexibility index (Phi) is 4.43. The van der Waals surface area contributed by atoms with E-state index < -0.39 is 11.5 Å². The maximum atomic E-state index is 10.9. The molecule has 0 aliphatic heterocycles. The van der Waals surface area contributed by atoms with Crippen molar-refractivity contribution in [3.05, 3.63) is 22.7 Å². The average Bonchev–Trinajstić information content (AvgIpc) is 2.46. The zero-order chi connectivity index (χ0) is 16.6. The molecule has 0 spiro atoms. The lowest BCUT2D eigenvalue weighted by atomic mass is 9.76. The maximum Gasteiger partial charge on any atom is 0.306 e. The fourth-order valence-electron chi connectivity index (χ4n) is 3.66. The van der Waals surface area contributed by atoms with Crippen molar-refractivity contribution in [2.24, 2.45) is 11.7 Å². The fourth-order valence-corrected chi connectivity index (χ4v) is 3.82. The monoisotopic (exact) mass is 338 g/mol. The predicted molar refractivity (Wildman–Crippen MR) is 89.6 cm³/mol. The summed E-state index contributed by atoms with van der Waals surface area (Å²) < 4.78 is 6.03. The van der Waals surface area contributed by atoms with Crippen molar-refractivity contribution >= 4 is 23.3 Å². The number of benzene rings is 1. The van der Waals surface area contributed by atoms with E-state index in [1.54, 1.807) is 6.07 Å². The van der Waals surface area contributed by atoms with Crippen molar-refractivity contribution in [1.82, 2.24) is 0 Å². The van der Waals surface area contributed by atoms with Gasteiger partial charge in [0.25, 0.3) is 0 Å². The SMILES string of the molecule is Nc1c(Cl)ccc(O[C@H]2C[C@@H](C(=O)O)C2)c1C1(N)CCCCC1. The van der Waals surface area contributed by atoms with E-state index in [2.05, 4.69) is 0 Å². The summed E-state index contributed by atoms with van der Waals surface area (Å²) in [7, 11) is 0. The summed E-state index contributed by atoms with van der Waals surface area (Å²) in [6.45, 7) is 0. The van der Waals surface area contributed by atoms with E-state index in [0.29, 0.717) is 29.3 Å². The Morgan fingerprint density at radius 2 is 1.91 bits per heavy atom. The van der Waals surface area contributed by atoms with E-state index in [4.69, 9.17) is 32.9 Å². The number of nitrogen functional groups attached to an aromatic ring is 1. The van der Waals surface area contributed by atoms with Crippen LogP contribution >= 0.6 is 11.6 Å². The summed E-state index contributed by atoms with van der Waals surface area (Å²) in [6, 6.07) is 3.53. The minimum Gasteiger partial charge on any atom is -0.490 e. The standard InChI is InChI=1S/C17H23ClN2O3/c18-12-4-5-13(23-11-8-10(9-11)16(21)22)14(15(12)19)17(20)6-2-1-3-7-17/h4-5,10-11H,1-3,6-9,19-20H2,(H,21,22)/t10-,11+. The molecule has 2 saturated carbocycles. The zero-order valence-electron chi connectivity index (χ0n) is 13.1. The van der Waals surface area contributed by atoms with E-state index in [-0.39, 0.29) is 12.0 Å². The molecule has 0 heterocycles. The van der Waals surface area contributed by atoms with Crippen LogP contribution in [0.15, 0.2) is 12.1 Å². The van der Waals surface area contributed by atoms with Gasteiger partial charge in [-0.05, 0) is 37.8 Å².